The fraction of sp³-hybridized carbons (Fsp3) is 0.333. The lowest BCUT2D eigenvalue weighted by atomic mass is 10.1. The second-order valence-corrected chi connectivity index (χ2v) is 5.55. The van der Waals surface area contributed by atoms with Gasteiger partial charge in [-0.3, -0.25) is 4.79 Å². The SMILES string of the molecule is Cc1csc(CCCNC(=O)c2ccccc2CN)n1. The highest BCUT2D eigenvalue weighted by Crippen LogP contribution is 2.11. The van der Waals surface area contributed by atoms with Crippen LogP contribution in [0, 0.1) is 6.92 Å². The van der Waals surface area contributed by atoms with Gasteiger partial charge in [-0.15, -0.1) is 11.3 Å². The van der Waals surface area contributed by atoms with Crippen LogP contribution in [0.25, 0.3) is 0 Å². The summed E-state index contributed by atoms with van der Waals surface area (Å²) in [7, 11) is 0. The molecule has 0 aliphatic heterocycles. The van der Waals surface area contributed by atoms with Gasteiger partial charge in [-0.1, -0.05) is 18.2 Å². The monoisotopic (exact) mass is 289 g/mol. The molecule has 106 valence electrons. The van der Waals surface area contributed by atoms with Gasteiger partial charge in [0.15, 0.2) is 0 Å². The summed E-state index contributed by atoms with van der Waals surface area (Å²) in [6.07, 6.45) is 1.79. The molecule has 0 radical (unpaired) electrons. The standard InChI is InChI=1S/C15H19N3OS/c1-11-10-20-14(18-11)7-4-8-17-15(19)13-6-3-2-5-12(13)9-16/h2-3,5-6,10H,4,7-9,16H2,1H3,(H,17,19). The maximum absolute atomic E-state index is 12.1. The van der Waals surface area contributed by atoms with Gasteiger partial charge >= 0.3 is 0 Å². The van der Waals surface area contributed by atoms with Gasteiger partial charge in [0, 0.05) is 36.1 Å². The Bertz CT molecular complexity index is 580. The molecule has 0 spiro atoms. The first kappa shape index (κ1) is 14.7. The van der Waals surface area contributed by atoms with Crippen molar-refractivity contribution in [3.8, 4) is 0 Å². The molecule has 0 aliphatic carbocycles. The summed E-state index contributed by atoms with van der Waals surface area (Å²) in [6.45, 7) is 3.02. The number of nitrogens with zero attached hydrogens (tertiary/aromatic N) is 1. The first-order chi connectivity index (χ1) is 9.70. The Morgan fingerprint density at radius 3 is 2.90 bits per heavy atom. The second kappa shape index (κ2) is 7.17. The molecule has 0 bridgehead atoms. The summed E-state index contributed by atoms with van der Waals surface area (Å²) < 4.78 is 0. The third-order valence-electron chi connectivity index (χ3n) is 3.00. The predicted octanol–water partition coefficient (Wildman–Crippen LogP) is 2.27. The minimum Gasteiger partial charge on any atom is -0.352 e. The largest absolute Gasteiger partial charge is 0.352 e. The van der Waals surface area contributed by atoms with Crippen LogP contribution in [-0.2, 0) is 13.0 Å². The topological polar surface area (TPSA) is 68.0 Å². The minimum absolute atomic E-state index is 0.0543. The number of hydrogen-bond donors (Lipinski definition) is 2. The molecule has 0 saturated heterocycles. The molecule has 3 N–H and O–H groups in total. The van der Waals surface area contributed by atoms with Crippen LogP contribution in [-0.4, -0.2) is 17.4 Å². The fourth-order valence-corrected chi connectivity index (χ4v) is 2.79. The van der Waals surface area contributed by atoms with E-state index >= 15 is 0 Å². The number of hydrogen-bond acceptors (Lipinski definition) is 4. The van der Waals surface area contributed by atoms with Gasteiger partial charge in [-0.2, -0.15) is 0 Å². The van der Waals surface area contributed by atoms with Crippen LogP contribution in [0.15, 0.2) is 29.6 Å². The van der Waals surface area contributed by atoms with E-state index in [4.69, 9.17) is 5.73 Å². The molecule has 0 atom stereocenters. The van der Waals surface area contributed by atoms with Crippen molar-refractivity contribution in [2.75, 3.05) is 6.54 Å². The minimum atomic E-state index is -0.0543. The van der Waals surface area contributed by atoms with Gasteiger partial charge in [0.05, 0.1) is 5.01 Å². The maximum atomic E-state index is 12.1. The number of amides is 1. The van der Waals surface area contributed by atoms with Crippen molar-refractivity contribution in [3.05, 3.63) is 51.5 Å². The summed E-state index contributed by atoms with van der Waals surface area (Å²) in [5.74, 6) is -0.0543. The van der Waals surface area contributed by atoms with Crippen molar-refractivity contribution in [2.45, 2.75) is 26.3 Å². The zero-order valence-corrected chi connectivity index (χ0v) is 12.4. The average molecular weight is 289 g/mol. The van der Waals surface area contributed by atoms with Gasteiger partial charge in [-0.25, -0.2) is 4.98 Å². The Hall–Kier alpha value is -1.72. The molecule has 20 heavy (non-hydrogen) atoms. The molecule has 0 unspecified atom stereocenters. The Morgan fingerprint density at radius 2 is 2.20 bits per heavy atom. The zero-order chi connectivity index (χ0) is 14.4. The molecular weight excluding hydrogens is 270 g/mol. The van der Waals surface area contributed by atoms with Crippen molar-refractivity contribution >= 4 is 17.2 Å². The summed E-state index contributed by atoms with van der Waals surface area (Å²) >= 11 is 1.67. The van der Waals surface area contributed by atoms with Gasteiger partial charge in [-0.05, 0) is 25.0 Å². The Morgan fingerprint density at radius 1 is 1.40 bits per heavy atom. The van der Waals surface area contributed by atoms with E-state index in [2.05, 4.69) is 10.3 Å². The van der Waals surface area contributed by atoms with Crippen LogP contribution in [0.2, 0.25) is 0 Å². The molecule has 1 amide bonds. The molecule has 4 nitrogen and oxygen atoms in total. The van der Waals surface area contributed by atoms with Crippen LogP contribution < -0.4 is 11.1 Å². The zero-order valence-electron chi connectivity index (χ0n) is 11.6. The number of carbonyl (C=O) groups is 1. The lowest BCUT2D eigenvalue weighted by molar-refractivity contribution is 0.0952. The first-order valence-corrected chi connectivity index (χ1v) is 7.56. The third kappa shape index (κ3) is 3.88. The van der Waals surface area contributed by atoms with Crippen LogP contribution in [0.1, 0.15) is 33.0 Å². The lowest BCUT2D eigenvalue weighted by Crippen LogP contribution is -2.26. The van der Waals surface area contributed by atoms with E-state index in [1.165, 1.54) is 0 Å². The summed E-state index contributed by atoms with van der Waals surface area (Å²) in [6, 6.07) is 7.44. The average Bonchev–Trinajstić information content (AvgIpc) is 2.89. The Labute approximate surface area is 123 Å². The molecule has 0 saturated carbocycles. The fourth-order valence-electron chi connectivity index (χ4n) is 1.97. The highest BCUT2D eigenvalue weighted by molar-refractivity contribution is 7.09. The van der Waals surface area contributed by atoms with Crippen molar-refractivity contribution < 1.29 is 4.79 Å². The predicted molar refractivity (Wildman–Crippen MR) is 81.8 cm³/mol. The normalized spacial score (nSPS) is 10.5. The molecule has 1 aromatic heterocycles. The third-order valence-corrected chi connectivity index (χ3v) is 4.03. The van der Waals surface area contributed by atoms with Gasteiger partial charge in [0.2, 0.25) is 0 Å². The van der Waals surface area contributed by atoms with E-state index in [-0.39, 0.29) is 5.91 Å². The molecule has 1 heterocycles. The highest BCUT2D eigenvalue weighted by Gasteiger charge is 2.09. The number of aromatic nitrogens is 1. The van der Waals surface area contributed by atoms with E-state index in [0.717, 1.165) is 29.1 Å². The molecule has 5 heteroatoms. The van der Waals surface area contributed by atoms with Crippen LogP contribution in [0.5, 0.6) is 0 Å². The highest BCUT2D eigenvalue weighted by atomic mass is 32.1. The number of aryl methyl sites for hydroxylation is 2. The van der Waals surface area contributed by atoms with Crippen LogP contribution >= 0.6 is 11.3 Å². The van der Waals surface area contributed by atoms with E-state index in [1.54, 1.807) is 11.3 Å². The van der Waals surface area contributed by atoms with Crippen LogP contribution in [0.3, 0.4) is 0 Å². The van der Waals surface area contributed by atoms with Crippen molar-refractivity contribution in [1.29, 1.82) is 0 Å². The Balaban J connectivity index is 1.80. The Kier molecular flexibility index (Phi) is 5.26. The number of benzene rings is 1. The molecule has 0 fully saturated rings. The van der Waals surface area contributed by atoms with Gasteiger partial charge in [0.1, 0.15) is 0 Å². The molecule has 2 aromatic rings. The number of carbonyl (C=O) groups excluding carboxylic acids is 1. The maximum Gasteiger partial charge on any atom is 0.251 e. The number of thiazole rings is 1. The quantitative estimate of drug-likeness (QED) is 0.802. The lowest BCUT2D eigenvalue weighted by Gasteiger charge is -2.08. The summed E-state index contributed by atoms with van der Waals surface area (Å²) in [4.78, 5) is 16.5. The van der Waals surface area contributed by atoms with Gasteiger partial charge < -0.3 is 11.1 Å². The molecular formula is C15H19N3OS. The van der Waals surface area contributed by atoms with Crippen molar-refractivity contribution in [3.63, 3.8) is 0 Å². The van der Waals surface area contributed by atoms with Gasteiger partial charge in [0.25, 0.3) is 5.91 Å². The number of nitrogens with two attached hydrogens (primary N) is 1. The van der Waals surface area contributed by atoms with E-state index in [1.807, 2.05) is 36.6 Å². The number of nitrogens with one attached hydrogen (secondary N) is 1. The molecule has 2 rings (SSSR count). The van der Waals surface area contributed by atoms with E-state index in [0.29, 0.717) is 18.7 Å². The van der Waals surface area contributed by atoms with Crippen LogP contribution in [0.4, 0.5) is 0 Å². The second-order valence-electron chi connectivity index (χ2n) is 4.60. The van der Waals surface area contributed by atoms with Crippen molar-refractivity contribution in [1.82, 2.24) is 10.3 Å². The van der Waals surface area contributed by atoms with Crippen molar-refractivity contribution in [2.24, 2.45) is 5.73 Å². The number of rotatable bonds is 6. The molecule has 1 aromatic carbocycles. The first-order valence-electron chi connectivity index (χ1n) is 6.68. The molecule has 0 aliphatic rings. The summed E-state index contributed by atoms with van der Waals surface area (Å²) in [5, 5.41) is 6.10. The van der Waals surface area contributed by atoms with E-state index < -0.39 is 0 Å². The smallest absolute Gasteiger partial charge is 0.251 e. The summed E-state index contributed by atoms with van der Waals surface area (Å²) in [5.41, 5.74) is 8.24. The van der Waals surface area contributed by atoms with E-state index in [9.17, 15) is 4.79 Å².